The maximum Gasteiger partial charge on any atom is 0.318 e. The van der Waals surface area contributed by atoms with Crippen molar-refractivity contribution in [3.8, 4) is 0 Å². The lowest BCUT2D eigenvalue weighted by Crippen LogP contribution is -2.37. The molecule has 0 amide bonds. The van der Waals surface area contributed by atoms with Gasteiger partial charge in [0.25, 0.3) is 0 Å². The lowest BCUT2D eigenvalue weighted by Gasteiger charge is -2.31. The molecule has 2 aromatic rings. The van der Waals surface area contributed by atoms with E-state index < -0.39 is 17.4 Å². The SMILES string of the molecule is O=C(O)CCCCCCCCC(C(=O)O)(c1ccccc1)c1ccccc1. The molecule has 0 saturated heterocycles. The average molecular weight is 368 g/mol. The summed E-state index contributed by atoms with van der Waals surface area (Å²) in [5.74, 6) is -1.56. The Balaban J connectivity index is 2.04. The van der Waals surface area contributed by atoms with E-state index in [9.17, 15) is 14.7 Å². The highest BCUT2D eigenvalue weighted by Gasteiger charge is 2.41. The second kappa shape index (κ2) is 10.5. The Morgan fingerprint density at radius 2 is 1.11 bits per heavy atom. The van der Waals surface area contributed by atoms with Crippen LogP contribution in [0.2, 0.25) is 0 Å². The van der Waals surface area contributed by atoms with Crippen molar-refractivity contribution >= 4 is 11.9 Å². The normalized spacial score (nSPS) is 11.3. The van der Waals surface area contributed by atoms with Crippen LogP contribution in [0.5, 0.6) is 0 Å². The number of benzene rings is 2. The van der Waals surface area contributed by atoms with Gasteiger partial charge in [0.1, 0.15) is 5.41 Å². The molecule has 0 saturated carbocycles. The number of aliphatic carboxylic acids is 2. The van der Waals surface area contributed by atoms with E-state index in [1.54, 1.807) is 0 Å². The molecule has 2 aromatic carbocycles. The van der Waals surface area contributed by atoms with E-state index in [4.69, 9.17) is 5.11 Å². The van der Waals surface area contributed by atoms with Gasteiger partial charge in [-0.2, -0.15) is 0 Å². The fourth-order valence-corrected chi connectivity index (χ4v) is 3.63. The van der Waals surface area contributed by atoms with E-state index in [2.05, 4.69) is 0 Å². The van der Waals surface area contributed by atoms with E-state index >= 15 is 0 Å². The van der Waals surface area contributed by atoms with Crippen LogP contribution in [0.15, 0.2) is 60.7 Å². The third-order valence-corrected chi connectivity index (χ3v) is 5.09. The van der Waals surface area contributed by atoms with Crippen LogP contribution in [0.1, 0.15) is 62.5 Å². The van der Waals surface area contributed by atoms with Crippen molar-refractivity contribution < 1.29 is 19.8 Å². The maximum atomic E-state index is 12.4. The van der Waals surface area contributed by atoms with E-state index in [1.807, 2.05) is 60.7 Å². The minimum absolute atomic E-state index is 0.226. The summed E-state index contributed by atoms with van der Waals surface area (Å²) in [6.45, 7) is 0. The molecular formula is C23H28O4. The quantitative estimate of drug-likeness (QED) is 0.501. The molecular weight excluding hydrogens is 340 g/mol. The number of hydrogen-bond acceptors (Lipinski definition) is 2. The van der Waals surface area contributed by atoms with Crippen LogP contribution in [0.4, 0.5) is 0 Å². The molecule has 0 unspecified atom stereocenters. The second-order valence-corrected chi connectivity index (χ2v) is 6.96. The van der Waals surface area contributed by atoms with Crippen LogP contribution in [0.25, 0.3) is 0 Å². The first-order valence-corrected chi connectivity index (χ1v) is 9.63. The topological polar surface area (TPSA) is 74.6 Å². The number of rotatable bonds is 12. The summed E-state index contributed by atoms with van der Waals surface area (Å²) in [5, 5.41) is 18.9. The number of hydrogen-bond donors (Lipinski definition) is 2. The molecule has 0 aliphatic rings. The number of carboxylic acids is 2. The summed E-state index contributed by atoms with van der Waals surface area (Å²) >= 11 is 0. The van der Waals surface area contributed by atoms with Crippen LogP contribution in [-0.2, 0) is 15.0 Å². The van der Waals surface area contributed by atoms with Gasteiger partial charge in [0.05, 0.1) is 0 Å². The Hall–Kier alpha value is -2.62. The molecule has 0 aliphatic heterocycles. The molecule has 0 heterocycles. The molecule has 0 aliphatic carbocycles. The largest absolute Gasteiger partial charge is 0.481 e. The second-order valence-electron chi connectivity index (χ2n) is 6.96. The van der Waals surface area contributed by atoms with Crippen molar-refractivity contribution in [3.05, 3.63) is 71.8 Å². The van der Waals surface area contributed by atoms with Gasteiger partial charge < -0.3 is 10.2 Å². The van der Waals surface area contributed by atoms with Crippen molar-refractivity contribution in [1.29, 1.82) is 0 Å². The monoisotopic (exact) mass is 368 g/mol. The predicted molar refractivity (Wildman–Crippen MR) is 106 cm³/mol. The fourth-order valence-electron chi connectivity index (χ4n) is 3.63. The van der Waals surface area contributed by atoms with E-state index in [1.165, 1.54) is 0 Å². The molecule has 2 rings (SSSR count). The molecule has 2 N–H and O–H groups in total. The lowest BCUT2D eigenvalue weighted by molar-refractivity contribution is -0.142. The average Bonchev–Trinajstić information content (AvgIpc) is 2.68. The molecule has 4 nitrogen and oxygen atoms in total. The van der Waals surface area contributed by atoms with Gasteiger partial charge in [-0.1, -0.05) is 92.8 Å². The molecule has 0 atom stereocenters. The van der Waals surface area contributed by atoms with Gasteiger partial charge in [0, 0.05) is 6.42 Å². The van der Waals surface area contributed by atoms with E-state index in [-0.39, 0.29) is 6.42 Å². The Kier molecular flexibility index (Phi) is 8.05. The summed E-state index contributed by atoms with van der Waals surface area (Å²) in [7, 11) is 0. The zero-order valence-electron chi connectivity index (χ0n) is 15.6. The third-order valence-electron chi connectivity index (χ3n) is 5.09. The van der Waals surface area contributed by atoms with Gasteiger partial charge in [-0.15, -0.1) is 0 Å². The minimum Gasteiger partial charge on any atom is -0.481 e. The summed E-state index contributed by atoms with van der Waals surface area (Å²) in [4.78, 5) is 23.0. The van der Waals surface area contributed by atoms with Gasteiger partial charge >= 0.3 is 11.9 Å². The highest BCUT2D eigenvalue weighted by molar-refractivity contribution is 5.86. The summed E-state index contributed by atoms with van der Waals surface area (Å²) in [5.41, 5.74) is 0.585. The van der Waals surface area contributed by atoms with Gasteiger partial charge in [-0.05, 0) is 24.0 Å². The molecule has 0 fully saturated rings. The minimum atomic E-state index is -1.04. The fraction of sp³-hybridized carbons (Fsp3) is 0.391. The van der Waals surface area contributed by atoms with Gasteiger partial charge in [0.2, 0.25) is 0 Å². The first kappa shape index (κ1) is 20.7. The highest BCUT2D eigenvalue weighted by Crippen LogP contribution is 2.38. The first-order chi connectivity index (χ1) is 13.1. The van der Waals surface area contributed by atoms with Crippen LogP contribution < -0.4 is 0 Å². The van der Waals surface area contributed by atoms with Gasteiger partial charge in [-0.3, -0.25) is 9.59 Å². The van der Waals surface area contributed by atoms with Crippen LogP contribution in [-0.4, -0.2) is 22.2 Å². The molecule has 0 bridgehead atoms. The standard InChI is InChI=1S/C23H28O4/c24-21(25)17-11-3-1-2-4-12-18-23(22(26)27,19-13-7-5-8-14-19)20-15-9-6-10-16-20/h5-10,13-16H,1-4,11-12,17-18H2,(H,24,25)(H,26,27). The van der Waals surface area contributed by atoms with E-state index in [0.717, 1.165) is 43.2 Å². The lowest BCUT2D eigenvalue weighted by atomic mass is 9.71. The van der Waals surface area contributed by atoms with Crippen LogP contribution in [0, 0.1) is 0 Å². The highest BCUT2D eigenvalue weighted by atomic mass is 16.4. The van der Waals surface area contributed by atoms with Crippen molar-refractivity contribution in [1.82, 2.24) is 0 Å². The summed E-state index contributed by atoms with van der Waals surface area (Å²) in [6, 6.07) is 18.9. The maximum absolute atomic E-state index is 12.4. The van der Waals surface area contributed by atoms with Crippen molar-refractivity contribution in [2.75, 3.05) is 0 Å². The Labute approximate surface area is 160 Å². The number of carboxylic acid groups (broad SMARTS) is 2. The molecule has 27 heavy (non-hydrogen) atoms. The Bertz CT molecular complexity index is 670. The third kappa shape index (κ3) is 5.68. The van der Waals surface area contributed by atoms with Crippen molar-refractivity contribution in [2.24, 2.45) is 0 Å². The molecule has 0 radical (unpaired) electrons. The zero-order valence-corrected chi connectivity index (χ0v) is 15.6. The molecule has 4 heteroatoms. The first-order valence-electron chi connectivity index (χ1n) is 9.63. The number of unbranched alkanes of at least 4 members (excludes halogenated alkanes) is 5. The summed E-state index contributed by atoms with van der Waals surface area (Å²) < 4.78 is 0. The summed E-state index contributed by atoms with van der Waals surface area (Å²) in [6.07, 6.45) is 6.14. The van der Waals surface area contributed by atoms with Crippen LogP contribution in [0.3, 0.4) is 0 Å². The number of carbonyl (C=O) groups is 2. The Morgan fingerprint density at radius 1 is 0.667 bits per heavy atom. The van der Waals surface area contributed by atoms with Crippen LogP contribution >= 0.6 is 0 Å². The molecule has 144 valence electrons. The molecule has 0 aromatic heterocycles. The molecule has 0 spiro atoms. The smallest absolute Gasteiger partial charge is 0.318 e. The Morgan fingerprint density at radius 3 is 1.56 bits per heavy atom. The van der Waals surface area contributed by atoms with Gasteiger partial charge in [0.15, 0.2) is 0 Å². The zero-order chi connectivity index (χ0) is 19.5. The van der Waals surface area contributed by atoms with Crippen molar-refractivity contribution in [2.45, 2.75) is 56.8 Å². The van der Waals surface area contributed by atoms with Crippen molar-refractivity contribution in [3.63, 3.8) is 0 Å². The predicted octanol–water partition coefficient (Wildman–Crippen LogP) is 5.26. The van der Waals surface area contributed by atoms with E-state index in [0.29, 0.717) is 12.8 Å². The van der Waals surface area contributed by atoms with Gasteiger partial charge in [-0.25, -0.2) is 0 Å².